The highest BCUT2D eigenvalue weighted by Crippen LogP contribution is 2.45. The van der Waals surface area contributed by atoms with Gasteiger partial charge < -0.3 is 33.8 Å². The summed E-state index contributed by atoms with van der Waals surface area (Å²) < 4.78 is 68.2. The van der Waals surface area contributed by atoms with Crippen molar-refractivity contribution in [2.75, 3.05) is 39.6 Å². The molecule has 0 aliphatic rings. The van der Waals surface area contributed by atoms with Gasteiger partial charge in [0, 0.05) is 25.7 Å². The summed E-state index contributed by atoms with van der Waals surface area (Å²) in [5.74, 6) is 0.807. The second-order valence-corrected chi connectivity index (χ2v) is 29.7. The van der Waals surface area contributed by atoms with Crippen molar-refractivity contribution in [1.82, 2.24) is 0 Å². The molecule has 3 N–H and O–H groups in total. The quantitative estimate of drug-likeness (QED) is 0.0222. The predicted molar refractivity (Wildman–Crippen MR) is 354 cm³/mol. The topological polar surface area (TPSA) is 237 Å². The minimum atomic E-state index is -4.95. The number of carbonyl (C=O) groups excluding carboxylic acids is 4. The fourth-order valence-electron chi connectivity index (χ4n) is 10.3. The lowest BCUT2D eigenvalue weighted by Crippen LogP contribution is -2.30. The highest BCUT2D eigenvalue weighted by Gasteiger charge is 2.30. The molecule has 522 valence electrons. The number of aliphatic hydroxyl groups is 1. The third-order valence-electron chi connectivity index (χ3n) is 15.8. The summed E-state index contributed by atoms with van der Waals surface area (Å²) in [6, 6.07) is 0. The first-order chi connectivity index (χ1) is 42.1. The van der Waals surface area contributed by atoms with Gasteiger partial charge in [0.2, 0.25) is 0 Å². The third kappa shape index (κ3) is 62.8. The van der Waals surface area contributed by atoms with E-state index in [9.17, 15) is 43.2 Å². The molecule has 0 aromatic rings. The van der Waals surface area contributed by atoms with Gasteiger partial charge in [0.1, 0.15) is 19.3 Å². The Balaban J connectivity index is 5.25. The van der Waals surface area contributed by atoms with Crippen LogP contribution in [-0.2, 0) is 65.4 Å². The highest BCUT2D eigenvalue weighted by atomic mass is 31.2. The molecule has 19 heteroatoms. The summed E-state index contributed by atoms with van der Waals surface area (Å²) in [7, 11) is -9.90. The number of hydrogen-bond donors (Lipinski definition) is 3. The average Bonchev–Trinajstić information content (AvgIpc) is 3.56. The number of aliphatic hydroxyl groups excluding tert-OH is 1. The lowest BCUT2D eigenvalue weighted by atomic mass is 10.0. The number of hydrogen-bond acceptors (Lipinski definition) is 15. The fraction of sp³-hybridized carbons (Fsp3) is 0.942. The molecule has 3 unspecified atom stereocenters. The van der Waals surface area contributed by atoms with Crippen LogP contribution in [0, 0.1) is 23.7 Å². The summed E-state index contributed by atoms with van der Waals surface area (Å²) in [4.78, 5) is 72.5. The molecule has 5 atom stereocenters. The molecular formula is C69H134O17P2. The zero-order chi connectivity index (χ0) is 65.4. The molecule has 0 heterocycles. The van der Waals surface area contributed by atoms with Crippen molar-refractivity contribution in [3.05, 3.63) is 0 Å². The van der Waals surface area contributed by atoms with Crippen molar-refractivity contribution in [3.8, 4) is 0 Å². The summed E-state index contributed by atoms with van der Waals surface area (Å²) in [5.41, 5.74) is 0. The number of phosphoric acid groups is 2. The van der Waals surface area contributed by atoms with E-state index in [1.165, 1.54) is 128 Å². The van der Waals surface area contributed by atoms with Crippen molar-refractivity contribution in [2.24, 2.45) is 23.7 Å². The van der Waals surface area contributed by atoms with Gasteiger partial charge in [-0.15, -0.1) is 0 Å². The molecule has 0 amide bonds. The number of carbonyl (C=O) groups is 4. The highest BCUT2D eigenvalue weighted by molar-refractivity contribution is 7.47. The zero-order valence-electron chi connectivity index (χ0n) is 57.3. The van der Waals surface area contributed by atoms with Gasteiger partial charge >= 0.3 is 39.5 Å². The monoisotopic (exact) mass is 1300 g/mol. The Kier molecular flexibility index (Phi) is 57.6. The van der Waals surface area contributed by atoms with E-state index in [2.05, 4.69) is 55.4 Å². The molecule has 0 aromatic carbocycles. The second-order valence-electron chi connectivity index (χ2n) is 26.8. The first kappa shape index (κ1) is 86.1. The lowest BCUT2D eigenvalue weighted by molar-refractivity contribution is -0.161. The van der Waals surface area contributed by atoms with E-state index < -0.39 is 97.5 Å². The molecule has 0 fully saturated rings. The van der Waals surface area contributed by atoms with Gasteiger partial charge in [-0.25, -0.2) is 9.13 Å². The van der Waals surface area contributed by atoms with Crippen molar-refractivity contribution in [1.29, 1.82) is 0 Å². The Bertz CT molecular complexity index is 1750. The van der Waals surface area contributed by atoms with Crippen molar-refractivity contribution in [3.63, 3.8) is 0 Å². The van der Waals surface area contributed by atoms with Crippen LogP contribution in [0.5, 0.6) is 0 Å². The van der Waals surface area contributed by atoms with Crippen molar-refractivity contribution in [2.45, 2.75) is 356 Å². The summed E-state index contributed by atoms with van der Waals surface area (Å²) in [5, 5.41) is 10.6. The maximum absolute atomic E-state index is 13.0. The Morgan fingerprint density at radius 2 is 0.477 bits per heavy atom. The minimum absolute atomic E-state index is 0.104. The second kappa shape index (κ2) is 58.8. The van der Waals surface area contributed by atoms with E-state index in [1.54, 1.807) is 0 Å². The van der Waals surface area contributed by atoms with Gasteiger partial charge in [-0.1, -0.05) is 287 Å². The van der Waals surface area contributed by atoms with Crippen LogP contribution >= 0.6 is 15.6 Å². The average molecular weight is 1300 g/mol. The smallest absolute Gasteiger partial charge is 0.462 e. The fourth-order valence-corrected chi connectivity index (χ4v) is 11.9. The lowest BCUT2D eigenvalue weighted by Gasteiger charge is -2.21. The molecule has 0 spiro atoms. The molecule has 88 heavy (non-hydrogen) atoms. The van der Waals surface area contributed by atoms with Crippen LogP contribution < -0.4 is 0 Å². The molecule has 0 saturated heterocycles. The van der Waals surface area contributed by atoms with Crippen LogP contribution in [0.3, 0.4) is 0 Å². The number of esters is 4. The largest absolute Gasteiger partial charge is 0.472 e. The van der Waals surface area contributed by atoms with Gasteiger partial charge in [-0.2, -0.15) is 0 Å². The number of ether oxygens (including phenoxy) is 4. The SMILES string of the molecule is CC(C)CCCCCCCCCCCCCCC(=O)O[C@H](COC(=O)CCCCCCCCCC(C)C)COP(=O)(O)OCC(O)COP(=O)(O)OC[C@@H](COC(=O)CCCCCCCCCC(C)C)OC(=O)CCCCCCCCCCCCC(C)C. The minimum Gasteiger partial charge on any atom is -0.462 e. The predicted octanol–water partition coefficient (Wildman–Crippen LogP) is 19.3. The Morgan fingerprint density at radius 3 is 0.705 bits per heavy atom. The van der Waals surface area contributed by atoms with E-state index in [1.807, 2.05) is 0 Å². The Morgan fingerprint density at radius 1 is 0.284 bits per heavy atom. The first-order valence-electron chi connectivity index (χ1n) is 35.7. The Labute approximate surface area is 537 Å². The van der Waals surface area contributed by atoms with Crippen LogP contribution in [0.25, 0.3) is 0 Å². The van der Waals surface area contributed by atoms with E-state index in [0.717, 1.165) is 115 Å². The van der Waals surface area contributed by atoms with Gasteiger partial charge in [0.15, 0.2) is 12.2 Å². The van der Waals surface area contributed by atoms with Gasteiger partial charge in [-0.05, 0) is 49.4 Å². The molecule has 0 bridgehead atoms. The summed E-state index contributed by atoms with van der Waals surface area (Å²) in [6.45, 7) is 14.0. The molecule has 0 radical (unpaired) electrons. The Hall–Kier alpha value is -1.94. The number of unbranched alkanes of at least 4 members (excludes halogenated alkanes) is 32. The van der Waals surface area contributed by atoms with E-state index in [-0.39, 0.29) is 25.7 Å². The number of rotatable bonds is 66. The number of phosphoric ester groups is 2. The molecule has 0 aromatic heterocycles. The summed E-state index contributed by atoms with van der Waals surface area (Å²) >= 11 is 0. The molecular weight excluding hydrogens is 1160 g/mol. The standard InChI is InChI=1S/C69H134O17P2/c1-59(2)45-37-29-21-15-11-9-10-12-17-25-35-43-51-68(73)85-64(55-79-66(71)49-41-33-27-19-23-31-39-47-61(5)6)57-83-87(75,76)81-53-63(70)54-82-88(77,78)84-58-65(56-80-67(72)50-42-34-28-20-24-32-40-48-62(7)8)86-69(74)52-44-36-26-18-14-13-16-22-30-38-46-60(3)4/h59-65,70H,9-58H2,1-8H3,(H,75,76)(H,77,78)/t63?,64-,65-/m1/s1. The normalized spacial score (nSPS) is 14.3. The summed E-state index contributed by atoms with van der Waals surface area (Å²) in [6.07, 6.45) is 40.4. The van der Waals surface area contributed by atoms with E-state index in [4.69, 9.17) is 37.0 Å². The first-order valence-corrected chi connectivity index (χ1v) is 38.7. The van der Waals surface area contributed by atoms with Crippen LogP contribution in [-0.4, -0.2) is 96.7 Å². The van der Waals surface area contributed by atoms with Gasteiger partial charge in [0.25, 0.3) is 0 Å². The van der Waals surface area contributed by atoms with Gasteiger partial charge in [-0.3, -0.25) is 37.3 Å². The molecule has 0 aliphatic heterocycles. The maximum Gasteiger partial charge on any atom is 0.472 e. The van der Waals surface area contributed by atoms with Crippen LogP contribution in [0.15, 0.2) is 0 Å². The molecule has 0 saturated carbocycles. The maximum atomic E-state index is 13.0. The van der Waals surface area contributed by atoms with Crippen LogP contribution in [0.4, 0.5) is 0 Å². The third-order valence-corrected chi connectivity index (χ3v) is 17.7. The van der Waals surface area contributed by atoms with Crippen LogP contribution in [0.1, 0.15) is 338 Å². The van der Waals surface area contributed by atoms with Crippen molar-refractivity contribution >= 4 is 39.5 Å². The van der Waals surface area contributed by atoms with E-state index in [0.29, 0.717) is 37.5 Å². The van der Waals surface area contributed by atoms with Gasteiger partial charge in [0.05, 0.1) is 26.4 Å². The molecule has 17 nitrogen and oxygen atoms in total. The van der Waals surface area contributed by atoms with Crippen LogP contribution in [0.2, 0.25) is 0 Å². The molecule has 0 aliphatic carbocycles. The molecule has 0 rings (SSSR count). The van der Waals surface area contributed by atoms with E-state index >= 15 is 0 Å². The van der Waals surface area contributed by atoms with Crippen molar-refractivity contribution < 1.29 is 80.2 Å². The zero-order valence-corrected chi connectivity index (χ0v) is 59.1.